The molecule has 1 aliphatic heterocycles. The molecule has 1 saturated carbocycles. The Morgan fingerprint density at radius 1 is 1.21 bits per heavy atom. The van der Waals surface area contributed by atoms with Crippen LogP contribution in [0.1, 0.15) is 54.2 Å². The second kappa shape index (κ2) is 6.29. The second-order valence-corrected chi connectivity index (χ2v) is 7.17. The van der Waals surface area contributed by atoms with Gasteiger partial charge in [-0.25, -0.2) is 4.98 Å². The summed E-state index contributed by atoms with van der Waals surface area (Å²) in [7, 11) is 2.14. The Morgan fingerprint density at radius 3 is 2.75 bits per heavy atom. The zero-order chi connectivity index (χ0) is 16.7. The van der Waals surface area contributed by atoms with Crippen LogP contribution in [0.15, 0.2) is 8.94 Å². The van der Waals surface area contributed by atoms with E-state index in [1.165, 1.54) is 12.8 Å². The molecule has 0 bridgehead atoms. The van der Waals surface area contributed by atoms with E-state index < -0.39 is 0 Å². The molecule has 24 heavy (non-hydrogen) atoms. The number of hydrogen-bond donors (Lipinski definition) is 0. The molecule has 0 unspecified atom stereocenters. The Balaban J connectivity index is 1.30. The second-order valence-electron chi connectivity index (χ2n) is 7.17. The zero-order valence-corrected chi connectivity index (χ0v) is 14.7. The predicted molar refractivity (Wildman–Crippen MR) is 87.4 cm³/mol. The number of likely N-dealkylation sites (tertiary alicyclic amines) is 1. The maximum atomic E-state index is 5.70. The molecule has 0 spiro atoms. The highest BCUT2D eigenvalue weighted by molar-refractivity contribution is 5.05. The molecule has 1 atom stereocenters. The van der Waals surface area contributed by atoms with Gasteiger partial charge in [-0.15, -0.1) is 0 Å². The van der Waals surface area contributed by atoms with Crippen molar-refractivity contribution in [2.24, 2.45) is 0 Å². The topological polar surface area (TPSA) is 71.4 Å². The molecule has 0 N–H and O–H groups in total. The lowest BCUT2D eigenvalue weighted by Crippen LogP contribution is -2.34. The van der Waals surface area contributed by atoms with E-state index in [-0.39, 0.29) is 0 Å². The fraction of sp³-hybridized carbons (Fsp3) is 0.706. The van der Waals surface area contributed by atoms with Crippen LogP contribution in [0.2, 0.25) is 0 Å². The molecule has 1 saturated heterocycles. The van der Waals surface area contributed by atoms with Crippen molar-refractivity contribution in [3.8, 4) is 0 Å². The van der Waals surface area contributed by atoms with Crippen LogP contribution >= 0.6 is 0 Å². The van der Waals surface area contributed by atoms with Gasteiger partial charge in [0.15, 0.2) is 5.82 Å². The Hall–Kier alpha value is -1.73. The number of aryl methyl sites for hydroxylation is 2. The standard InChI is InChI=1S/C17H25N5O2/c1-11-12(2)23-16(18-11)10-22-7-6-14(8-22)21(3)9-15-19-17(24-20-15)13-4-5-13/h13-14H,4-10H2,1-3H3/t14-/m0/s1. The molecule has 4 rings (SSSR count). The van der Waals surface area contributed by atoms with E-state index in [4.69, 9.17) is 8.94 Å². The van der Waals surface area contributed by atoms with Crippen LogP contribution in [0.3, 0.4) is 0 Å². The lowest BCUT2D eigenvalue weighted by atomic mass is 10.2. The van der Waals surface area contributed by atoms with Crippen molar-refractivity contribution in [1.29, 1.82) is 0 Å². The maximum absolute atomic E-state index is 5.70. The van der Waals surface area contributed by atoms with Crippen molar-refractivity contribution in [2.45, 2.75) is 58.2 Å². The van der Waals surface area contributed by atoms with Crippen LogP contribution < -0.4 is 0 Å². The third kappa shape index (κ3) is 3.37. The molecule has 130 valence electrons. The minimum atomic E-state index is 0.505. The molecular weight excluding hydrogens is 306 g/mol. The minimum Gasteiger partial charge on any atom is -0.444 e. The van der Waals surface area contributed by atoms with Crippen LogP contribution in [0.5, 0.6) is 0 Å². The summed E-state index contributed by atoms with van der Waals surface area (Å²) in [6.45, 7) is 7.56. The normalized spacial score (nSPS) is 21.9. The van der Waals surface area contributed by atoms with Crippen LogP contribution in [0, 0.1) is 13.8 Å². The van der Waals surface area contributed by atoms with Crippen molar-refractivity contribution in [3.63, 3.8) is 0 Å². The van der Waals surface area contributed by atoms with Gasteiger partial charge in [0.05, 0.1) is 18.8 Å². The summed E-state index contributed by atoms with van der Waals surface area (Å²) in [6.07, 6.45) is 3.52. The van der Waals surface area contributed by atoms with E-state index in [2.05, 4.69) is 32.0 Å². The highest BCUT2D eigenvalue weighted by Crippen LogP contribution is 2.38. The van der Waals surface area contributed by atoms with Gasteiger partial charge in [0.25, 0.3) is 0 Å². The third-order valence-electron chi connectivity index (χ3n) is 5.10. The summed E-state index contributed by atoms with van der Waals surface area (Å²) in [5, 5.41) is 4.12. The SMILES string of the molecule is Cc1nc(CN2CC[C@H](N(C)Cc3noc(C4CC4)n3)C2)oc1C. The quantitative estimate of drug-likeness (QED) is 0.804. The van der Waals surface area contributed by atoms with E-state index in [0.717, 1.165) is 61.7 Å². The number of aromatic nitrogens is 3. The summed E-state index contributed by atoms with van der Waals surface area (Å²) in [5.41, 5.74) is 0.987. The highest BCUT2D eigenvalue weighted by atomic mass is 16.5. The summed E-state index contributed by atoms with van der Waals surface area (Å²) < 4.78 is 11.0. The van der Waals surface area contributed by atoms with E-state index in [9.17, 15) is 0 Å². The molecule has 7 nitrogen and oxygen atoms in total. The van der Waals surface area contributed by atoms with Crippen LogP contribution in [0.4, 0.5) is 0 Å². The van der Waals surface area contributed by atoms with Gasteiger partial charge in [-0.05, 0) is 40.2 Å². The van der Waals surface area contributed by atoms with Crippen molar-refractivity contribution in [2.75, 3.05) is 20.1 Å². The first-order chi connectivity index (χ1) is 11.6. The van der Waals surface area contributed by atoms with Gasteiger partial charge >= 0.3 is 0 Å². The molecule has 3 heterocycles. The average molecular weight is 331 g/mol. The Bertz CT molecular complexity index is 686. The minimum absolute atomic E-state index is 0.505. The molecule has 0 radical (unpaired) electrons. The first-order valence-electron chi connectivity index (χ1n) is 8.76. The van der Waals surface area contributed by atoms with Gasteiger partial charge in [-0.3, -0.25) is 9.80 Å². The Kier molecular flexibility index (Phi) is 4.14. The Labute approximate surface area is 142 Å². The van der Waals surface area contributed by atoms with Gasteiger partial charge in [-0.1, -0.05) is 5.16 Å². The van der Waals surface area contributed by atoms with E-state index in [1.54, 1.807) is 0 Å². The maximum Gasteiger partial charge on any atom is 0.229 e. The third-order valence-corrected chi connectivity index (χ3v) is 5.10. The molecule has 2 aliphatic rings. The Morgan fingerprint density at radius 2 is 2.04 bits per heavy atom. The van der Waals surface area contributed by atoms with Crippen molar-refractivity contribution >= 4 is 0 Å². The van der Waals surface area contributed by atoms with Gasteiger partial charge < -0.3 is 8.94 Å². The molecule has 0 aromatic carbocycles. The van der Waals surface area contributed by atoms with Crippen LogP contribution in [-0.2, 0) is 13.1 Å². The predicted octanol–water partition coefficient (Wildman–Crippen LogP) is 2.26. The molecule has 2 aromatic rings. The van der Waals surface area contributed by atoms with Crippen molar-refractivity contribution in [1.82, 2.24) is 24.9 Å². The molecular formula is C17H25N5O2. The summed E-state index contributed by atoms with van der Waals surface area (Å²) in [6, 6.07) is 0.505. The van der Waals surface area contributed by atoms with Gasteiger partial charge in [0, 0.05) is 25.0 Å². The monoisotopic (exact) mass is 331 g/mol. The summed E-state index contributed by atoms with van der Waals surface area (Å²) >= 11 is 0. The van der Waals surface area contributed by atoms with Gasteiger partial charge in [-0.2, -0.15) is 4.98 Å². The molecule has 0 amide bonds. The van der Waals surface area contributed by atoms with Gasteiger partial charge in [0.1, 0.15) is 5.76 Å². The smallest absolute Gasteiger partial charge is 0.229 e. The fourth-order valence-electron chi connectivity index (χ4n) is 3.29. The summed E-state index contributed by atoms with van der Waals surface area (Å²) in [4.78, 5) is 13.7. The number of likely N-dealkylation sites (N-methyl/N-ethyl adjacent to an activating group) is 1. The lowest BCUT2D eigenvalue weighted by molar-refractivity contribution is 0.209. The molecule has 2 aromatic heterocycles. The zero-order valence-electron chi connectivity index (χ0n) is 14.7. The van der Waals surface area contributed by atoms with E-state index >= 15 is 0 Å². The van der Waals surface area contributed by atoms with Crippen molar-refractivity contribution in [3.05, 3.63) is 29.1 Å². The lowest BCUT2D eigenvalue weighted by Gasteiger charge is -2.22. The first-order valence-corrected chi connectivity index (χ1v) is 8.76. The van der Waals surface area contributed by atoms with E-state index in [1.807, 2.05) is 13.8 Å². The molecule has 1 aliphatic carbocycles. The van der Waals surface area contributed by atoms with Crippen molar-refractivity contribution < 1.29 is 8.94 Å². The first kappa shape index (κ1) is 15.8. The summed E-state index contributed by atoms with van der Waals surface area (Å²) in [5.74, 6) is 3.88. The number of hydrogen-bond acceptors (Lipinski definition) is 7. The number of nitrogens with zero attached hydrogens (tertiary/aromatic N) is 5. The average Bonchev–Trinajstić information content (AvgIpc) is 2.97. The number of rotatable bonds is 6. The fourth-order valence-corrected chi connectivity index (χ4v) is 3.29. The van der Waals surface area contributed by atoms with Gasteiger partial charge in [0.2, 0.25) is 11.8 Å². The molecule has 2 fully saturated rings. The number of oxazole rings is 1. The van der Waals surface area contributed by atoms with Crippen LogP contribution in [-0.4, -0.2) is 51.1 Å². The largest absolute Gasteiger partial charge is 0.444 e. The molecule has 7 heteroatoms. The van der Waals surface area contributed by atoms with Crippen LogP contribution in [0.25, 0.3) is 0 Å². The highest BCUT2D eigenvalue weighted by Gasteiger charge is 2.31. The van der Waals surface area contributed by atoms with E-state index in [0.29, 0.717) is 12.0 Å².